The van der Waals surface area contributed by atoms with Crippen molar-refractivity contribution in [2.24, 2.45) is 0 Å². The van der Waals surface area contributed by atoms with Crippen LogP contribution in [0.2, 0.25) is 0 Å². The minimum Gasteiger partial charge on any atom is -0.310 e. The van der Waals surface area contributed by atoms with Gasteiger partial charge in [0.2, 0.25) is 0 Å². The second kappa shape index (κ2) is 28.6. The zero-order valence-corrected chi connectivity index (χ0v) is 66.8. The number of benzene rings is 19. The molecule has 0 aromatic heterocycles. The summed E-state index contributed by atoms with van der Waals surface area (Å²) in [5.74, 6) is 0. The van der Waals surface area contributed by atoms with Gasteiger partial charge in [-0.3, -0.25) is 0 Å². The van der Waals surface area contributed by atoms with Crippen molar-refractivity contribution in [1.29, 1.82) is 0 Å². The molecule has 0 unspecified atom stereocenters. The molecule has 19 rings (SSSR count). The fourth-order valence-corrected chi connectivity index (χ4v) is 18.6. The minimum atomic E-state index is 0.136. The van der Waals surface area contributed by atoms with Crippen molar-refractivity contribution >= 4 is 258 Å². The van der Waals surface area contributed by atoms with Gasteiger partial charge in [-0.15, -0.1) is 0 Å². The SMILES string of the molecule is Brc1cc2c3ccc(-c4ccccc4)cc3c(Br)cc2c2ccccc12.Brc1cc2c3ccccc3c(Br)cc2c2ccccc12.Brc1cc2c3ccccc3c(N(c3ccccc3)c3ccccc3)cc2c2ccccc12.CC(C)(C)c1ccc2c(Br)cc3c4ccccc4c(Br)cc3c2c1. The highest BCUT2D eigenvalue weighted by Crippen LogP contribution is 2.47. The molecule has 0 heterocycles. The normalized spacial score (nSPS) is 11.6. The standard InChI is InChI=1S/C30H20BrN.C24H14Br2.C22H18Br2.C18H10Br2/c31-29-19-27-24-16-8-10-18-26(24)30(20-28(27)23-15-7-9-17-25(23)29)32(21-11-3-1-4-12-21)22-13-5-2-6-14-22;25-23-13-21-18-11-10-16(15-6-2-1-3-7-15)12-22(18)24(26)14-20(21)17-8-4-5-9-19(17)23;1-22(2,3)13-8-9-16-17(10-13)19-12-20(23)15-7-5-4-6-14(15)18(19)11-21(16)24;19-17-10-16-12-6-2-4-8-14(12)18(20)9-15(16)11-5-1-3-7-13(11)17/h1-20H;1-14H;4-12H,1-3H3;1-10H. The molecule has 1 nitrogen and oxygen atoms in total. The highest BCUT2D eigenvalue weighted by atomic mass is 79.9. The van der Waals surface area contributed by atoms with E-state index in [4.69, 9.17) is 0 Å². The van der Waals surface area contributed by atoms with Crippen molar-refractivity contribution in [2.75, 3.05) is 4.90 Å². The van der Waals surface area contributed by atoms with Gasteiger partial charge < -0.3 is 4.90 Å². The molecule has 0 saturated heterocycles. The van der Waals surface area contributed by atoms with Gasteiger partial charge in [0, 0.05) is 48.1 Å². The lowest BCUT2D eigenvalue weighted by molar-refractivity contribution is 0.591. The minimum absolute atomic E-state index is 0.136. The van der Waals surface area contributed by atoms with Crippen molar-refractivity contribution in [2.45, 2.75) is 26.2 Å². The number of para-hydroxylation sites is 2. The van der Waals surface area contributed by atoms with E-state index >= 15 is 0 Å². The molecule has 0 aliphatic carbocycles. The van der Waals surface area contributed by atoms with Gasteiger partial charge in [0.05, 0.1) is 5.69 Å². The lowest BCUT2D eigenvalue weighted by Gasteiger charge is -2.27. The van der Waals surface area contributed by atoms with Gasteiger partial charge in [0.25, 0.3) is 0 Å². The van der Waals surface area contributed by atoms with Crippen LogP contribution in [0.4, 0.5) is 17.1 Å². The fraction of sp³-hybridized carbons (Fsp3) is 0.0426. The maximum Gasteiger partial charge on any atom is 0.0546 e. The molecule has 0 radical (unpaired) electrons. The summed E-state index contributed by atoms with van der Waals surface area (Å²) in [4.78, 5) is 2.36. The maximum absolute atomic E-state index is 3.82. The third-order valence-electron chi connectivity index (χ3n) is 19.6. The number of hydrogen-bond acceptors (Lipinski definition) is 1. The van der Waals surface area contributed by atoms with E-state index in [1.54, 1.807) is 0 Å². The Hall–Kier alpha value is -8.54. The van der Waals surface area contributed by atoms with Crippen molar-refractivity contribution < 1.29 is 0 Å². The molecule has 0 bridgehead atoms. The van der Waals surface area contributed by atoms with E-state index < -0.39 is 0 Å². The van der Waals surface area contributed by atoms with Crippen molar-refractivity contribution in [3.05, 3.63) is 358 Å². The van der Waals surface area contributed by atoms with Crippen molar-refractivity contribution in [3.8, 4) is 11.1 Å². The first-order valence-electron chi connectivity index (χ1n) is 33.8. The van der Waals surface area contributed by atoms with Crippen LogP contribution in [-0.2, 0) is 5.41 Å². The second-order valence-electron chi connectivity index (χ2n) is 26.7. The highest BCUT2D eigenvalue weighted by Gasteiger charge is 2.21. The first-order valence-corrected chi connectivity index (χ1v) is 39.3. The Morgan fingerprint density at radius 2 is 0.431 bits per heavy atom. The second-order valence-corrected chi connectivity index (χ2v) is 32.7. The molecule has 0 N–H and O–H groups in total. The van der Waals surface area contributed by atoms with Crippen LogP contribution in [0, 0.1) is 0 Å². The molecule has 0 spiro atoms. The number of halogens is 7. The average molecular weight is 1760 g/mol. The van der Waals surface area contributed by atoms with Crippen LogP contribution in [0.15, 0.2) is 353 Å². The lowest BCUT2D eigenvalue weighted by atomic mass is 9.85. The average Bonchev–Trinajstić information content (AvgIpc) is 0.711. The smallest absolute Gasteiger partial charge is 0.0546 e. The molecule has 102 heavy (non-hydrogen) atoms. The molecule has 19 aromatic rings. The fourth-order valence-electron chi connectivity index (χ4n) is 14.6. The topological polar surface area (TPSA) is 3.24 Å². The van der Waals surface area contributed by atoms with Crippen molar-refractivity contribution in [1.82, 2.24) is 0 Å². The number of rotatable bonds is 4. The van der Waals surface area contributed by atoms with Gasteiger partial charge in [0.15, 0.2) is 0 Å². The van der Waals surface area contributed by atoms with Crippen LogP contribution in [0.3, 0.4) is 0 Å². The van der Waals surface area contributed by atoms with Gasteiger partial charge >= 0.3 is 0 Å². The summed E-state index contributed by atoms with van der Waals surface area (Å²) in [6.07, 6.45) is 0. The van der Waals surface area contributed by atoms with Gasteiger partial charge in [0.1, 0.15) is 0 Å². The molecule has 0 atom stereocenters. The van der Waals surface area contributed by atoms with Crippen LogP contribution in [0.25, 0.3) is 140 Å². The summed E-state index contributed by atoms with van der Waals surface area (Å²) in [5, 5.41) is 30.4. The third-order valence-corrected chi connectivity index (χ3v) is 24.2. The molecule has 0 saturated carbocycles. The van der Waals surface area contributed by atoms with Crippen LogP contribution in [-0.4, -0.2) is 0 Å². The Kier molecular flexibility index (Phi) is 19.0. The van der Waals surface area contributed by atoms with E-state index in [1.807, 2.05) is 0 Å². The van der Waals surface area contributed by atoms with E-state index in [9.17, 15) is 0 Å². The molecule has 8 heteroatoms. The summed E-state index contributed by atoms with van der Waals surface area (Å²) >= 11 is 26.4. The molecule has 19 aromatic carbocycles. The molecule has 0 fully saturated rings. The number of anilines is 3. The van der Waals surface area contributed by atoms with E-state index in [1.165, 1.54) is 152 Å². The lowest BCUT2D eigenvalue weighted by Crippen LogP contribution is -2.10. The van der Waals surface area contributed by atoms with Gasteiger partial charge in [-0.2, -0.15) is 0 Å². The Morgan fingerprint density at radius 3 is 0.784 bits per heavy atom. The van der Waals surface area contributed by atoms with E-state index in [2.05, 4.69) is 459 Å². The van der Waals surface area contributed by atoms with Gasteiger partial charge in [-0.25, -0.2) is 0 Å². The summed E-state index contributed by atoms with van der Waals surface area (Å²) < 4.78 is 7.98. The van der Waals surface area contributed by atoms with Crippen LogP contribution < -0.4 is 4.90 Å². The molecule has 0 amide bonds. The molecular weight excluding hydrogens is 1700 g/mol. The summed E-state index contributed by atoms with van der Waals surface area (Å²) in [7, 11) is 0. The maximum atomic E-state index is 3.82. The Bertz CT molecular complexity index is 6390. The van der Waals surface area contributed by atoms with Crippen LogP contribution >= 0.6 is 112 Å². The largest absolute Gasteiger partial charge is 0.310 e. The number of nitrogens with zero attached hydrogens (tertiary/aromatic N) is 1. The Balaban J connectivity index is 0.000000107. The van der Waals surface area contributed by atoms with Gasteiger partial charge in [-0.1, -0.05) is 369 Å². The number of hydrogen-bond donors (Lipinski definition) is 0. The first kappa shape index (κ1) is 67.9. The van der Waals surface area contributed by atoms with E-state index in [-0.39, 0.29) is 5.41 Å². The Labute approximate surface area is 651 Å². The molecule has 0 aliphatic rings. The van der Waals surface area contributed by atoms with Gasteiger partial charge in [-0.05, 0) is 231 Å². The van der Waals surface area contributed by atoms with Crippen molar-refractivity contribution in [3.63, 3.8) is 0 Å². The number of fused-ring (bicyclic) bond motifs is 20. The predicted octanol–water partition coefficient (Wildman–Crippen LogP) is 32.4. The first-order chi connectivity index (χ1) is 49.6. The highest BCUT2D eigenvalue weighted by molar-refractivity contribution is 9.11. The third kappa shape index (κ3) is 12.8. The van der Waals surface area contributed by atoms with E-state index in [0.29, 0.717) is 0 Å². The predicted molar refractivity (Wildman–Crippen MR) is 469 cm³/mol. The summed E-state index contributed by atoms with van der Waals surface area (Å²) in [6, 6.07) is 115. The summed E-state index contributed by atoms with van der Waals surface area (Å²) in [6.45, 7) is 6.79. The Morgan fingerprint density at radius 1 is 0.186 bits per heavy atom. The monoisotopic (exact) mass is 1760 g/mol. The van der Waals surface area contributed by atoms with E-state index in [0.717, 1.165) is 42.7 Å². The molecular formula is C94H62Br7N. The zero-order chi connectivity index (χ0) is 69.9. The quantitative estimate of drug-likeness (QED) is 0.159. The zero-order valence-electron chi connectivity index (χ0n) is 55.7. The molecule has 0 aliphatic heterocycles. The molecule has 492 valence electrons. The van der Waals surface area contributed by atoms with Crippen LogP contribution in [0.1, 0.15) is 26.3 Å². The summed E-state index contributed by atoms with van der Waals surface area (Å²) in [5.41, 5.74) is 7.43. The van der Waals surface area contributed by atoms with Crippen LogP contribution in [0.5, 0.6) is 0 Å².